The lowest BCUT2D eigenvalue weighted by Crippen LogP contribution is -2.06. The van der Waals surface area contributed by atoms with Gasteiger partial charge in [-0.05, 0) is 30.5 Å². The van der Waals surface area contributed by atoms with Crippen LogP contribution in [0.1, 0.15) is 16.7 Å². The van der Waals surface area contributed by atoms with Gasteiger partial charge in [-0.1, -0.05) is 35.2 Å². The highest BCUT2D eigenvalue weighted by molar-refractivity contribution is 8.00. The van der Waals surface area contributed by atoms with E-state index in [1.807, 2.05) is 19.9 Å². The van der Waals surface area contributed by atoms with E-state index in [4.69, 9.17) is 9.15 Å². The first-order valence-corrected chi connectivity index (χ1v) is 9.60. The van der Waals surface area contributed by atoms with E-state index in [0.29, 0.717) is 24.5 Å². The Bertz CT molecular complexity index is 937. The maximum atomic E-state index is 11.9. The predicted molar refractivity (Wildman–Crippen MR) is 102 cm³/mol. The first-order chi connectivity index (χ1) is 12.1. The van der Waals surface area contributed by atoms with Gasteiger partial charge in [-0.3, -0.25) is 0 Å². The van der Waals surface area contributed by atoms with E-state index in [-0.39, 0.29) is 5.63 Å². The van der Waals surface area contributed by atoms with Crippen LogP contribution >= 0.6 is 23.1 Å². The van der Waals surface area contributed by atoms with Crippen molar-refractivity contribution in [2.75, 3.05) is 25.6 Å². The molecule has 3 rings (SSSR count). The summed E-state index contributed by atoms with van der Waals surface area (Å²) in [5.74, 6) is 0.636. The normalized spacial score (nSPS) is 11.2. The Hall–Kier alpha value is -1.90. The molecule has 2 aromatic heterocycles. The molecule has 0 radical (unpaired) electrons. The molecular weight excluding hydrogens is 358 g/mol. The fourth-order valence-electron chi connectivity index (χ4n) is 2.38. The lowest BCUT2D eigenvalue weighted by atomic mass is 10.0. The van der Waals surface area contributed by atoms with Gasteiger partial charge < -0.3 is 14.5 Å². The molecule has 0 atom stereocenters. The van der Waals surface area contributed by atoms with Crippen molar-refractivity contribution < 1.29 is 9.15 Å². The van der Waals surface area contributed by atoms with Crippen LogP contribution in [0.4, 0.5) is 5.13 Å². The molecule has 0 saturated carbocycles. The number of ether oxygens (including phenoxy) is 1. The second-order valence-electron chi connectivity index (χ2n) is 5.56. The zero-order valence-electron chi connectivity index (χ0n) is 14.3. The first-order valence-electron chi connectivity index (χ1n) is 7.80. The quantitative estimate of drug-likeness (QED) is 0.383. The highest BCUT2D eigenvalue weighted by Gasteiger charge is 2.11. The van der Waals surface area contributed by atoms with Crippen LogP contribution in [0, 0.1) is 13.8 Å². The Morgan fingerprint density at radius 1 is 1.32 bits per heavy atom. The molecule has 132 valence electrons. The van der Waals surface area contributed by atoms with Crippen molar-refractivity contribution in [2.45, 2.75) is 23.9 Å². The second kappa shape index (κ2) is 7.99. The smallest absolute Gasteiger partial charge is 0.336 e. The third-order valence-corrected chi connectivity index (χ3v) is 5.92. The summed E-state index contributed by atoms with van der Waals surface area (Å²) in [4.78, 5) is 11.9. The summed E-state index contributed by atoms with van der Waals surface area (Å²) in [6.45, 7) is 5.29. The van der Waals surface area contributed by atoms with Crippen molar-refractivity contribution in [1.29, 1.82) is 0 Å². The second-order valence-corrected chi connectivity index (χ2v) is 7.76. The zero-order chi connectivity index (χ0) is 17.8. The molecule has 1 aromatic carbocycles. The number of benzene rings is 1. The molecule has 0 spiro atoms. The lowest BCUT2D eigenvalue weighted by molar-refractivity contribution is 0.211. The fraction of sp³-hybridized carbons (Fsp3) is 0.353. The molecule has 0 bridgehead atoms. The summed E-state index contributed by atoms with van der Waals surface area (Å²) in [6.07, 6.45) is 0. The van der Waals surface area contributed by atoms with Crippen LogP contribution in [0.2, 0.25) is 0 Å². The number of hydrogen-bond acceptors (Lipinski definition) is 8. The van der Waals surface area contributed by atoms with Gasteiger partial charge in [-0.15, -0.1) is 10.2 Å². The Morgan fingerprint density at radius 3 is 2.96 bits per heavy atom. The van der Waals surface area contributed by atoms with Gasteiger partial charge in [0.05, 0.1) is 6.61 Å². The SMILES string of the molecule is COCCNc1nnc(SCc2cc(=O)oc3c(C)c(C)ccc23)s1. The Kier molecular flexibility index (Phi) is 5.72. The van der Waals surface area contributed by atoms with Crippen molar-refractivity contribution in [3.05, 3.63) is 45.3 Å². The van der Waals surface area contributed by atoms with E-state index >= 15 is 0 Å². The summed E-state index contributed by atoms with van der Waals surface area (Å²) in [5.41, 5.74) is 3.40. The van der Waals surface area contributed by atoms with Crippen molar-refractivity contribution in [1.82, 2.24) is 10.2 Å². The van der Waals surface area contributed by atoms with Gasteiger partial charge in [-0.2, -0.15) is 0 Å². The van der Waals surface area contributed by atoms with Gasteiger partial charge in [-0.25, -0.2) is 4.79 Å². The summed E-state index contributed by atoms with van der Waals surface area (Å²) in [6, 6.07) is 5.62. The zero-order valence-corrected chi connectivity index (χ0v) is 15.9. The van der Waals surface area contributed by atoms with E-state index in [2.05, 4.69) is 21.6 Å². The number of methoxy groups -OCH3 is 1. The summed E-state index contributed by atoms with van der Waals surface area (Å²) >= 11 is 3.05. The Morgan fingerprint density at radius 2 is 2.16 bits per heavy atom. The monoisotopic (exact) mass is 377 g/mol. The number of hydrogen-bond donors (Lipinski definition) is 1. The number of aromatic nitrogens is 2. The Balaban J connectivity index is 1.77. The number of thioether (sulfide) groups is 1. The van der Waals surface area contributed by atoms with Crippen molar-refractivity contribution in [3.63, 3.8) is 0 Å². The molecule has 0 amide bonds. The van der Waals surface area contributed by atoms with Crippen LogP contribution < -0.4 is 10.9 Å². The number of anilines is 1. The van der Waals surface area contributed by atoms with E-state index in [1.165, 1.54) is 11.3 Å². The molecule has 2 heterocycles. The van der Waals surface area contributed by atoms with Crippen molar-refractivity contribution in [3.8, 4) is 0 Å². The maximum Gasteiger partial charge on any atom is 0.336 e. The molecule has 0 aliphatic rings. The third kappa shape index (κ3) is 4.20. The molecule has 8 heteroatoms. The van der Waals surface area contributed by atoms with Gasteiger partial charge in [0.15, 0.2) is 4.34 Å². The molecule has 6 nitrogen and oxygen atoms in total. The van der Waals surface area contributed by atoms with Crippen molar-refractivity contribution in [2.24, 2.45) is 0 Å². The summed E-state index contributed by atoms with van der Waals surface area (Å²) in [5, 5.41) is 13.2. The van der Waals surface area contributed by atoms with Crippen LogP contribution in [0.3, 0.4) is 0 Å². The number of nitrogens with zero attached hydrogens (tertiary/aromatic N) is 2. The molecule has 0 aliphatic carbocycles. The minimum atomic E-state index is -0.323. The van der Waals surface area contributed by atoms with E-state index in [9.17, 15) is 4.79 Å². The van der Waals surface area contributed by atoms with Crippen molar-refractivity contribution >= 4 is 39.2 Å². The minimum absolute atomic E-state index is 0.323. The molecule has 0 unspecified atom stereocenters. The average Bonchev–Trinajstić information content (AvgIpc) is 3.04. The van der Waals surface area contributed by atoms with Crippen LogP contribution in [0.15, 0.2) is 31.8 Å². The third-order valence-electron chi connectivity index (χ3n) is 3.86. The number of aryl methyl sites for hydroxylation is 2. The van der Waals surface area contributed by atoms with Crippen LogP contribution in [-0.4, -0.2) is 30.5 Å². The van der Waals surface area contributed by atoms with Crippen LogP contribution in [0.5, 0.6) is 0 Å². The van der Waals surface area contributed by atoms with Gasteiger partial charge in [0.1, 0.15) is 5.58 Å². The van der Waals surface area contributed by atoms with E-state index < -0.39 is 0 Å². The summed E-state index contributed by atoms with van der Waals surface area (Å²) < 4.78 is 11.3. The average molecular weight is 377 g/mol. The molecule has 25 heavy (non-hydrogen) atoms. The molecule has 3 aromatic rings. The molecule has 0 aliphatic heterocycles. The largest absolute Gasteiger partial charge is 0.422 e. The Labute approximate surface area is 153 Å². The van der Waals surface area contributed by atoms with Gasteiger partial charge in [0.2, 0.25) is 5.13 Å². The van der Waals surface area contributed by atoms with Crippen LogP contribution in [0.25, 0.3) is 11.0 Å². The van der Waals surface area contributed by atoms with Gasteiger partial charge in [0, 0.05) is 30.9 Å². The minimum Gasteiger partial charge on any atom is -0.422 e. The highest BCUT2D eigenvalue weighted by atomic mass is 32.2. The molecule has 0 fully saturated rings. The van der Waals surface area contributed by atoms with Crippen LogP contribution in [-0.2, 0) is 10.5 Å². The van der Waals surface area contributed by atoms with Gasteiger partial charge >= 0.3 is 5.63 Å². The predicted octanol–water partition coefficient (Wildman–Crippen LogP) is 3.61. The number of nitrogens with one attached hydrogen (secondary N) is 1. The first kappa shape index (κ1) is 17.9. The molecular formula is C17H19N3O3S2. The standard InChI is InChI=1S/C17H19N3O3S2/c1-10-4-5-13-12(8-14(21)23-15(13)11(10)2)9-24-17-20-19-16(25-17)18-6-7-22-3/h4-5,8H,6-7,9H2,1-3H3,(H,18,19). The summed E-state index contributed by atoms with van der Waals surface area (Å²) in [7, 11) is 1.66. The molecule has 0 saturated heterocycles. The number of rotatable bonds is 7. The van der Waals surface area contributed by atoms with Gasteiger partial charge in [0.25, 0.3) is 0 Å². The fourth-order valence-corrected chi connectivity index (χ4v) is 4.15. The lowest BCUT2D eigenvalue weighted by Gasteiger charge is -2.08. The number of fused-ring (bicyclic) bond motifs is 1. The molecule has 1 N–H and O–H groups in total. The maximum absolute atomic E-state index is 11.9. The van der Waals surface area contributed by atoms with E-state index in [1.54, 1.807) is 24.9 Å². The highest BCUT2D eigenvalue weighted by Crippen LogP contribution is 2.31. The topological polar surface area (TPSA) is 77.2 Å². The van der Waals surface area contributed by atoms with E-state index in [0.717, 1.165) is 31.5 Å².